The van der Waals surface area contributed by atoms with Crippen LogP contribution in [0.3, 0.4) is 0 Å². The Hall–Kier alpha value is -0.790. The SMILES string of the molecule is CCOC(=O)c1c(NS(=O)(=O)CCCl)sc(C)c1C. The van der Waals surface area contributed by atoms with Crippen molar-refractivity contribution < 1.29 is 17.9 Å². The zero-order valence-electron chi connectivity index (χ0n) is 10.9. The van der Waals surface area contributed by atoms with Gasteiger partial charge >= 0.3 is 5.97 Å². The zero-order chi connectivity index (χ0) is 14.6. The van der Waals surface area contributed by atoms with Crippen LogP contribution in [0.25, 0.3) is 0 Å². The molecule has 0 amide bonds. The lowest BCUT2D eigenvalue weighted by molar-refractivity contribution is 0.0527. The number of anilines is 1. The van der Waals surface area contributed by atoms with E-state index < -0.39 is 16.0 Å². The van der Waals surface area contributed by atoms with Gasteiger partial charge in [-0.2, -0.15) is 0 Å². The van der Waals surface area contributed by atoms with Crippen LogP contribution in [0.2, 0.25) is 0 Å². The highest BCUT2D eigenvalue weighted by molar-refractivity contribution is 7.93. The van der Waals surface area contributed by atoms with Crippen molar-refractivity contribution in [2.24, 2.45) is 0 Å². The number of thiophene rings is 1. The van der Waals surface area contributed by atoms with Gasteiger partial charge in [-0.15, -0.1) is 22.9 Å². The van der Waals surface area contributed by atoms with Gasteiger partial charge in [0.2, 0.25) is 10.0 Å². The van der Waals surface area contributed by atoms with Crippen LogP contribution in [0.15, 0.2) is 0 Å². The smallest absolute Gasteiger partial charge is 0.341 e. The lowest BCUT2D eigenvalue weighted by Crippen LogP contribution is -2.19. The first kappa shape index (κ1) is 16.3. The van der Waals surface area contributed by atoms with Gasteiger partial charge < -0.3 is 4.74 Å². The number of nitrogens with one attached hydrogen (secondary N) is 1. The van der Waals surface area contributed by atoms with Crippen LogP contribution in [-0.4, -0.2) is 32.6 Å². The molecule has 0 spiro atoms. The maximum atomic E-state index is 11.9. The number of alkyl halides is 1. The van der Waals surface area contributed by atoms with Gasteiger partial charge in [0.1, 0.15) is 5.00 Å². The Bertz CT molecular complexity index is 565. The van der Waals surface area contributed by atoms with Crippen molar-refractivity contribution in [2.45, 2.75) is 20.8 Å². The molecule has 1 aromatic heterocycles. The molecule has 1 rings (SSSR count). The van der Waals surface area contributed by atoms with Crippen LogP contribution < -0.4 is 4.72 Å². The van der Waals surface area contributed by atoms with Crippen molar-refractivity contribution in [2.75, 3.05) is 23.0 Å². The number of carbonyl (C=O) groups excluding carboxylic acids is 1. The van der Waals surface area contributed by atoms with Gasteiger partial charge in [0.05, 0.1) is 17.9 Å². The van der Waals surface area contributed by atoms with Crippen LogP contribution in [0.5, 0.6) is 0 Å². The molecule has 0 aromatic carbocycles. The second-order valence-electron chi connectivity index (χ2n) is 3.82. The van der Waals surface area contributed by atoms with Crippen LogP contribution in [0.1, 0.15) is 27.7 Å². The summed E-state index contributed by atoms with van der Waals surface area (Å²) in [6, 6.07) is 0. The number of ether oxygens (including phenoxy) is 1. The van der Waals surface area contributed by atoms with Crippen molar-refractivity contribution in [1.82, 2.24) is 0 Å². The first-order chi connectivity index (χ1) is 8.82. The second kappa shape index (κ2) is 6.58. The molecule has 5 nitrogen and oxygen atoms in total. The Morgan fingerprint density at radius 1 is 1.42 bits per heavy atom. The Labute approximate surface area is 122 Å². The van der Waals surface area contributed by atoms with Crippen molar-refractivity contribution in [1.29, 1.82) is 0 Å². The molecule has 0 aliphatic rings. The van der Waals surface area contributed by atoms with E-state index in [0.717, 1.165) is 10.4 Å². The summed E-state index contributed by atoms with van der Waals surface area (Å²) in [5, 5.41) is 0.290. The maximum absolute atomic E-state index is 11.9. The van der Waals surface area contributed by atoms with Crippen LogP contribution in [0.4, 0.5) is 5.00 Å². The third-order valence-corrected chi connectivity index (χ3v) is 5.38. The van der Waals surface area contributed by atoms with Crippen molar-refractivity contribution in [3.8, 4) is 0 Å². The predicted octanol–water partition coefficient (Wildman–Crippen LogP) is 2.52. The normalized spacial score (nSPS) is 11.4. The van der Waals surface area contributed by atoms with Crippen molar-refractivity contribution >= 4 is 43.9 Å². The van der Waals surface area contributed by atoms with Crippen molar-refractivity contribution in [3.63, 3.8) is 0 Å². The molecule has 0 bridgehead atoms. The number of rotatable bonds is 6. The molecule has 0 aliphatic carbocycles. The van der Waals surface area contributed by atoms with Gasteiger partial charge in [0, 0.05) is 10.8 Å². The van der Waals surface area contributed by atoms with Gasteiger partial charge in [0.15, 0.2) is 0 Å². The van der Waals surface area contributed by atoms with Crippen LogP contribution in [-0.2, 0) is 14.8 Å². The van der Waals surface area contributed by atoms with Gasteiger partial charge in [-0.3, -0.25) is 4.72 Å². The molecule has 0 aliphatic heterocycles. The molecule has 1 heterocycles. The molecule has 0 unspecified atom stereocenters. The molecule has 1 N–H and O–H groups in total. The largest absolute Gasteiger partial charge is 0.462 e. The molecular weight excluding hydrogens is 310 g/mol. The van der Waals surface area contributed by atoms with E-state index in [1.165, 1.54) is 11.3 Å². The van der Waals surface area contributed by atoms with E-state index in [4.69, 9.17) is 16.3 Å². The fourth-order valence-electron chi connectivity index (χ4n) is 1.44. The lowest BCUT2D eigenvalue weighted by Gasteiger charge is -2.07. The van der Waals surface area contributed by atoms with E-state index >= 15 is 0 Å². The highest BCUT2D eigenvalue weighted by atomic mass is 35.5. The van der Waals surface area contributed by atoms with E-state index in [1.807, 2.05) is 6.92 Å². The monoisotopic (exact) mass is 325 g/mol. The van der Waals surface area contributed by atoms with Crippen LogP contribution >= 0.6 is 22.9 Å². The summed E-state index contributed by atoms with van der Waals surface area (Å²) in [6.07, 6.45) is 0. The summed E-state index contributed by atoms with van der Waals surface area (Å²) < 4.78 is 30.8. The van der Waals surface area contributed by atoms with E-state index in [-0.39, 0.29) is 23.8 Å². The molecule has 8 heteroatoms. The number of hydrogen-bond donors (Lipinski definition) is 1. The first-order valence-electron chi connectivity index (χ1n) is 5.66. The third kappa shape index (κ3) is 4.09. The third-order valence-electron chi connectivity index (χ3n) is 2.46. The number of hydrogen-bond acceptors (Lipinski definition) is 5. The summed E-state index contributed by atoms with van der Waals surface area (Å²) in [5.41, 5.74) is 1.01. The molecular formula is C11H16ClNO4S2. The molecule has 108 valence electrons. The quantitative estimate of drug-likeness (QED) is 0.644. The van der Waals surface area contributed by atoms with E-state index in [0.29, 0.717) is 5.00 Å². The first-order valence-corrected chi connectivity index (χ1v) is 8.66. The number of carbonyl (C=O) groups is 1. The van der Waals surface area contributed by atoms with Gasteiger partial charge in [0.25, 0.3) is 0 Å². The Morgan fingerprint density at radius 2 is 2.05 bits per heavy atom. The zero-order valence-corrected chi connectivity index (χ0v) is 13.3. The molecule has 0 saturated carbocycles. The average Bonchev–Trinajstić information content (AvgIpc) is 2.53. The summed E-state index contributed by atoms with van der Waals surface area (Å²) in [6.45, 7) is 5.52. The van der Waals surface area contributed by atoms with Gasteiger partial charge in [-0.05, 0) is 26.3 Å². The average molecular weight is 326 g/mol. The van der Waals surface area contributed by atoms with E-state index in [9.17, 15) is 13.2 Å². The van der Waals surface area contributed by atoms with Gasteiger partial charge in [-0.25, -0.2) is 13.2 Å². The number of halogens is 1. The van der Waals surface area contributed by atoms with E-state index in [2.05, 4.69) is 4.72 Å². The Kier molecular flexibility index (Phi) is 5.64. The minimum atomic E-state index is -3.54. The fraction of sp³-hybridized carbons (Fsp3) is 0.545. The minimum absolute atomic E-state index is 0.00654. The summed E-state index contributed by atoms with van der Waals surface area (Å²) in [7, 11) is -3.54. The summed E-state index contributed by atoms with van der Waals surface area (Å²) in [4.78, 5) is 12.7. The van der Waals surface area contributed by atoms with Crippen molar-refractivity contribution in [3.05, 3.63) is 16.0 Å². The molecule has 1 aromatic rings. The Balaban J connectivity index is 3.15. The molecule has 0 radical (unpaired) electrons. The number of esters is 1. The number of aryl methyl sites for hydroxylation is 1. The van der Waals surface area contributed by atoms with E-state index in [1.54, 1.807) is 13.8 Å². The molecule has 19 heavy (non-hydrogen) atoms. The second-order valence-corrected chi connectivity index (χ2v) is 7.26. The summed E-state index contributed by atoms with van der Waals surface area (Å²) in [5.74, 6) is -0.729. The van der Waals surface area contributed by atoms with Gasteiger partial charge in [-0.1, -0.05) is 0 Å². The standard InChI is InChI=1S/C11H16ClNO4S2/c1-4-17-11(14)9-7(2)8(3)18-10(9)13-19(15,16)6-5-12/h13H,4-6H2,1-3H3. The molecule has 0 saturated heterocycles. The highest BCUT2D eigenvalue weighted by Crippen LogP contribution is 2.33. The molecule has 0 atom stereocenters. The minimum Gasteiger partial charge on any atom is -0.462 e. The summed E-state index contributed by atoms with van der Waals surface area (Å²) >= 11 is 6.65. The fourth-order valence-corrected chi connectivity index (χ4v) is 4.19. The van der Waals surface area contributed by atoms with Crippen LogP contribution in [0, 0.1) is 13.8 Å². The number of sulfonamides is 1. The maximum Gasteiger partial charge on any atom is 0.341 e. The topological polar surface area (TPSA) is 72.5 Å². The highest BCUT2D eigenvalue weighted by Gasteiger charge is 2.23. The molecule has 0 fully saturated rings. The Morgan fingerprint density at radius 3 is 2.58 bits per heavy atom. The lowest BCUT2D eigenvalue weighted by atomic mass is 10.2. The predicted molar refractivity (Wildman–Crippen MR) is 77.9 cm³/mol.